The lowest BCUT2D eigenvalue weighted by Crippen LogP contribution is -2.42. The number of halogens is 3. The van der Waals surface area contributed by atoms with Gasteiger partial charge in [-0.1, -0.05) is 6.92 Å². The van der Waals surface area contributed by atoms with Gasteiger partial charge in [0.05, 0.1) is 4.90 Å². The van der Waals surface area contributed by atoms with Gasteiger partial charge in [0.15, 0.2) is 6.61 Å². The van der Waals surface area contributed by atoms with Crippen molar-refractivity contribution in [3.05, 3.63) is 24.3 Å². The molecule has 0 aliphatic carbocycles. The average Bonchev–Trinajstić information content (AvgIpc) is 2.77. The van der Waals surface area contributed by atoms with E-state index in [1.54, 1.807) is 0 Å². The van der Waals surface area contributed by atoms with Gasteiger partial charge in [0.2, 0.25) is 15.9 Å². The summed E-state index contributed by atoms with van der Waals surface area (Å²) in [6.07, 6.45) is -3.42. The molecule has 33 heavy (non-hydrogen) atoms. The second kappa shape index (κ2) is 10.3. The zero-order chi connectivity index (χ0) is 24.2. The van der Waals surface area contributed by atoms with Crippen LogP contribution in [0.2, 0.25) is 0 Å². The molecule has 2 heterocycles. The van der Waals surface area contributed by atoms with Crippen molar-refractivity contribution in [2.45, 2.75) is 43.7 Å². The van der Waals surface area contributed by atoms with Crippen molar-refractivity contribution in [1.29, 1.82) is 0 Å². The number of carbonyl (C=O) groups is 2. The van der Waals surface area contributed by atoms with Gasteiger partial charge < -0.3 is 15.0 Å². The van der Waals surface area contributed by atoms with E-state index in [0.717, 1.165) is 17.7 Å². The fourth-order valence-corrected chi connectivity index (χ4v) is 5.36. The number of benzene rings is 1. The Morgan fingerprint density at radius 3 is 2.15 bits per heavy atom. The molecule has 2 aliphatic rings. The van der Waals surface area contributed by atoms with E-state index in [1.165, 1.54) is 28.6 Å². The molecule has 1 aromatic rings. The Morgan fingerprint density at radius 2 is 1.61 bits per heavy atom. The molecular weight excluding hydrogens is 463 g/mol. The number of nitrogens with one attached hydrogen (secondary N) is 1. The van der Waals surface area contributed by atoms with Crippen LogP contribution in [0.25, 0.3) is 0 Å². The maximum Gasteiger partial charge on any atom is 0.422 e. The van der Waals surface area contributed by atoms with Crippen LogP contribution < -0.4 is 5.32 Å². The van der Waals surface area contributed by atoms with E-state index in [2.05, 4.69) is 17.0 Å². The fourth-order valence-electron chi connectivity index (χ4n) is 3.89. The summed E-state index contributed by atoms with van der Waals surface area (Å²) in [5, 5.41) is 2.73. The number of alkyl halides is 3. The van der Waals surface area contributed by atoms with Crippen LogP contribution in [0.1, 0.15) is 32.6 Å². The minimum absolute atomic E-state index is 0.112. The van der Waals surface area contributed by atoms with E-state index in [-0.39, 0.29) is 36.7 Å². The molecule has 0 saturated carbocycles. The molecule has 0 atom stereocenters. The number of carbonyl (C=O) groups excluding carboxylic acids is 2. The quantitative estimate of drug-likeness (QED) is 0.681. The molecule has 0 spiro atoms. The summed E-state index contributed by atoms with van der Waals surface area (Å²) in [6, 6.07) is 5.98. The van der Waals surface area contributed by atoms with E-state index < -0.39 is 34.8 Å². The minimum atomic E-state index is -4.59. The second-order valence-corrected chi connectivity index (χ2v) is 10.5. The number of nitrogens with zero attached hydrogens (tertiary/aromatic N) is 2. The van der Waals surface area contributed by atoms with Crippen LogP contribution in [0.5, 0.6) is 0 Å². The standard InChI is InChI=1S/C21H28F3N3O5S/c1-15-6-12-27(13-7-15)33(30,31)18-4-2-17(3-5-18)25-19(28)16-8-10-26(11-9-16)20(29)32-14-21(22,23)24/h2-5,15-16H,6-14H2,1H3,(H,25,28). The van der Waals surface area contributed by atoms with Crippen molar-refractivity contribution in [2.75, 3.05) is 38.1 Å². The Labute approximate surface area is 191 Å². The molecule has 0 aromatic heterocycles. The molecule has 2 amide bonds. The third-order valence-corrected chi connectivity index (χ3v) is 7.90. The molecule has 1 aromatic carbocycles. The Kier molecular flexibility index (Phi) is 7.88. The topological polar surface area (TPSA) is 96.0 Å². The predicted molar refractivity (Wildman–Crippen MR) is 114 cm³/mol. The Balaban J connectivity index is 1.50. The van der Waals surface area contributed by atoms with Crippen LogP contribution in [0.3, 0.4) is 0 Å². The number of ether oxygens (including phenoxy) is 1. The Morgan fingerprint density at radius 1 is 1.03 bits per heavy atom. The average molecular weight is 492 g/mol. The summed E-state index contributed by atoms with van der Waals surface area (Å²) in [5.74, 6) is -0.208. The maximum absolute atomic E-state index is 12.8. The van der Waals surface area contributed by atoms with Crippen molar-refractivity contribution in [3.8, 4) is 0 Å². The molecule has 3 rings (SSSR count). The number of anilines is 1. The highest BCUT2D eigenvalue weighted by Crippen LogP contribution is 2.25. The van der Waals surface area contributed by atoms with Gasteiger partial charge in [-0.05, 0) is 55.9 Å². The molecule has 12 heteroatoms. The monoisotopic (exact) mass is 491 g/mol. The second-order valence-electron chi connectivity index (χ2n) is 8.53. The number of likely N-dealkylation sites (tertiary alicyclic amines) is 1. The van der Waals surface area contributed by atoms with Crippen LogP contribution in [-0.2, 0) is 19.6 Å². The van der Waals surface area contributed by atoms with Crippen molar-refractivity contribution >= 4 is 27.7 Å². The first-order valence-electron chi connectivity index (χ1n) is 10.9. The number of hydrogen-bond donors (Lipinski definition) is 1. The minimum Gasteiger partial charge on any atom is -0.440 e. The lowest BCUT2D eigenvalue weighted by Gasteiger charge is -2.30. The number of rotatable bonds is 5. The molecule has 2 fully saturated rings. The van der Waals surface area contributed by atoms with Gasteiger partial charge in [0.1, 0.15) is 0 Å². The van der Waals surface area contributed by atoms with E-state index in [9.17, 15) is 31.2 Å². The van der Waals surface area contributed by atoms with Gasteiger partial charge >= 0.3 is 12.3 Å². The molecule has 0 bridgehead atoms. The van der Waals surface area contributed by atoms with Gasteiger partial charge in [0.25, 0.3) is 0 Å². The molecular formula is C21H28F3N3O5S. The molecule has 2 saturated heterocycles. The highest BCUT2D eigenvalue weighted by Gasteiger charge is 2.33. The van der Waals surface area contributed by atoms with Gasteiger partial charge in [-0.15, -0.1) is 0 Å². The molecule has 8 nitrogen and oxygen atoms in total. The summed E-state index contributed by atoms with van der Waals surface area (Å²) in [6.45, 7) is 1.66. The lowest BCUT2D eigenvalue weighted by molar-refractivity contribution is -0.162. The number of hydrogen-bond acceptors (Lipinski definition) is 5. The first kappa shape index (κ1) is 25.3. The predicted octanol–water partition coefficient (Wildman–Crippen LogP) is 3.46. The summed E-state index contributed by atoms with van der Waals surface area (Å²) < 4.78 is 67.8. The van der Waals surface area contributed by atoms with Crippen LogP contribution in [0, 0.1) is 11.8 Å². The van der Waals surface area contributed by atoms with Crippen LogP contribution in [0.15, 0.2) is 29.2 Å². The van der Waals surface area contributed by atoms with Crippen molar-refractivity contribution < 1.29 is 35.9 Å². The van der Waals surface area contributed by atoms with Crippen LogP contribution in [0.4, 0.5) is 23.7 Å². The third kappa shape index (κ3) is 6.83. The Hall–Kier alpha value is -2.34. The van der Waals surface area contributed by atoms with E-state index in [0.29, 0.717) is 24.7 Å². The Bertz CT molecular complexity index is 937. The van der Waals surface area contributed by atoms with Crippen LogP contribution >= 0.6 is 0 Å². The van der Waals surface area contributed by atoms with Crippen LogP contribution in [-0.4, -0.2) is 68.6 Å². The first-order valence-corrected chi connectivity index (χ1v) is 12.3. The summed E-state index contributed by atoms with van der Waals surface area (Å²) in [5.41, 5.74) is 0.443. The number of piperidine rings is 2. The summed E-state index contributed by atoms with van der Waals surface area (Å²) in [7, 11) is -3.58. The SMILES string of the molecule is CC1CCN(S(=O)(=O)c2ccc(NC(=O)C3CCN(C(=O)OCC(F)(F)F)CC3)cc2)CC1. The molecule has 0 radical (unpaired) electrons. The highest BCUT2D eigenvalue weighted by molar-refractivity contribution is 7.89. The molecule has 184 valence electrons. The van der Waals surface area contributed by atoms with E-state index in [1.807, 2.05) is 0 Å². The number of amides is 2. The van der Waals surface area contributed by atoms with Gasteiger partial charge in [0, 0.05) is 37.8 Å². The molecule has 1 N–H and O–H groups in total. The normalized spacial score (nSPS) is 19.3. The fraction of sp³-hybridized carbons (Fsp3) is 0.619. The van der Waals surface area contributed by atoms with E-state index in [4.69, 9.17) is 0 Å². The zero-order valence-corrected chi connectivity index (χ0v) is 19.1. The van der Waals surface area contributed by atoms with Gasteiger partial charge in [-0.2, -0.15) is 17.5 Å². The third-order valence-electron chi connectivity index (χ3n) is 5.99. The molecule has 2 aliphatic heterocycles. The first-order chi connectivity index (χ1) is 15.5. The van der Waals surface area contributed by atoms with Crippen molar-refractivity contribution in [2.24, 2.45) is 11.8 Å². The highest BCUT2D eigenvalue weighted by atomic mass is 32.2. The van der Waals surface area contributed by atoms with Crippen molar-refractivity contribution in [1.82, 2.24) is 9.21 Å². The summed E-state index contributed by atoms with van der Waals surface area (Å²) in [4.78, 5) is 25.6. The largest absolute Gasteiger partial charge is 0.440 e. The summed E-state index contributed by atoms with van der Waals surface area (Å²) >= 11 is 0. The number of sulfonamides is 1. The van der Waals surface area contributed by atoms with E-state index >= 15 is 0 Å². The van der Waals surface area contributed by atoms with Gasteiger partial charge in [-0.3, -0.25) is 4.79 Å². The van der Waals surface area contributed by atoms with Gasteiger partial charge in [-0.25, -0.2) is 13.2 Å². The maximum atomic E-state index is 12.8. The smallest absolute Gasteiger partial charge is 0.422 e. The zero-order valence-electron chi connectivity index (χ0n) is 18.3. The molecule has 0 unspecified atom stereocenters. The lowest BCUT2D eigenvalue weighted by atomic mass is 9.96. The van der Waals surface area contributed by atoms with Crippen molar-refractivity contribution in [3.63, 3.8) is 0 Å².